The number of nitrogens with one attached hydrogen (secondary N) is 1. The van der Waals surface area contributed by atoms with Crippen LogP contribution in [0.5, 0.6) is 5.75 Å². The molecule has 0 aliphatic heterocycles. The molecule has 1 amide bonds. The van der Waals surface area contributed by atoms with E-state index in [4.69, 9.17) is 0 Å². The maximum atomic E-state index is 11.6. The molecule has 0 spiro atoms. The zero-order valence-electron chi connectivity index (χ0n) is 9.00. The first-order valence-electron chi connectivity index (χ1n) is 4.91. The topological polar surface area (TPSA) is 49.3 Å². The molecular formula is C11H14BrNO2S. The maximum Gasteiger partial charge on any atom is 0.255 e. The van der Waals surface area contributed by atoms with Crippen molar-refractivity contribution in [3.05, 3.63) is 28.2 Å². The van der Waals surface area contributed by atoms with Gasteiger partial charge in [-0.05, 0) is 36.6 Å². The van der Waals surface area contributed by atoms with Gasteiger partial charge in [-0.15, -0.1) is 0 Å². The Labute approximate surface area is 108 Å². The quantitative estimate of drug-likeness (QED) is 0.822. The second-order valence-electron chi connectivity index (χ2n) is 3.26. The summed E-state index contributed by atoms with van der Waals surface area (Å²) >= 11 is 4.97. The van der Waals surface area contributed by atoms with Crippen LogP contribution in [0.3, 0.4) is 0 Å². The van der Waals surface area contributed by atoms with E-state index in [1.165, 1.54) is 6.07 Å². The average Bonchev–Trinajstić information content (AvgIpc) is 2.24. The highest BCUT2D eigenvalue weighted by Gasteiger charge is 2.10. The number of phenolic OH excluding ortho intramolecular Hbond substituents is 1. The van der Waals surface area contributed by atoms with Crippen LogP contribution in [0.15, 0.2) is 22.7 Å². The van der Waals surface area contributed by atoms with Crippen molar-refractivity contribution in [3.8, 4) is 5.75 Å². The Morgan fingerprint density at radius 1 is 1.56 bits per heavy atom. The highest BCUT2D eigenvalue weighted by molar-refractivity contribution is 9.10. The van der Waals surface area contributed by atoms with Crippen LogP contribution < -0.4 is 5.32 Å². The van der Waals surface area contributed by atoms with E-state index in [-0.39, 0.29) is 11.7 Å². The molecule has 1 rings (SSSR count). The van der Waals surface area contributed by atoms with E-state index in [0.717, 1.165) is 16.6 Å². The Balaban J connectivity index is 2.53. The average molecular weight is 304 g/mol. The molecule has 3 nitrogen and oxygen atoms in total. The van der Waals surface area contributed by atoms with Gasteiger partial charge in [0.05, 0.1) is 5.56 Å². The van der Waals surface area contributed by atoms with Crippen molar-refractivity contribution in [2.24, 2.45) is 0 Å². The van der Waals surface area contributed by atoms with Gasteiger partial charge in [0.1, 0.15) is 5.75 Å². The number of amides is 1. The number of thioether (sulfide) groups is 1. The molecule has 0 aromatic heterocycles. The molecular weight excluding hydrogens is 290 g/mol. The minimum Gasteiger partial charge on any atom is -0.507 e. The van der Waals surface area contributed by atoms with Crippen molar-refractivity contribution < 1.29 is 9.90 Å². The van der Waals surface area contributed by atoms with E-state index in [2.05, 4.69) is 21.2 Å². The third-order valence-electron chi connectivity index (χ3n) is 2.02. The van der Waals surface area contributed by atoms with Crippen molar-refractivity contribution in [2.75, 3.05) is 18.6 Å². The predicted octanol–water partition coefficient (Wildman–Crippen LogP) is 2.64. The Morgan fingerprint density at radius 2 is 2.31 bits per heavy atom. The largest absolute Gasteiger partial charge is 0.507 e. The first kappa shape index (κ1) is 13.4. The summed E-state index contributed by atoms with van der Waals surface area (Å²) in [5.41, 5.74) is 0.312. The fourth-order valence-corrected chi connectivity index (χ4v) is 1.99. The lowest BCUT2D eigenvalue weighted by atomic mass is 10.2. The Bertz CT molecular complexity index is 371. The fourth-order valence-electron chi connectivity index (χ4n) is 1.21. The SMILES string of the molecule is CSCCCNC(=O)c1ccc(Br)cc1O. The smallest absolute Gasteiger partial charge is 0.255 e. The van der Waals surface area contributed by atoms with Gasteiger partial charge in [-0.1, -0.05) is 15.9 Å². The van der Waals surface area contributed by atoms with Crippen LogP contribution >= 0.6 is 27.7 Å². The van der Waals surface area contributed by atoms with Crippen molar-refractivity contribution >= 4 is 33.6 Å². The number of hydrogen-bond acceptors (Lipinski definition) is 3. The summed E-state index contributed by atoms with van der Waals surface area (Å²) in [6.07, 6.45) is 2.96. The fraction of sp³-hybridized carbons (Fsp3) is 0.364. The standard InChI is InChI=1S/C11H14BrNO2S/c1-16-6-2-5-13-11(15)9-4-3-8(12)7-10(9)14/h3-4,7,14H,2,5-6H2,1H3,(H,13,15). The molecule has 0 heterocycles. The van der Waals surface area contributed by atoms with Crippen LogP contribution in [0, 0.1) is 0 Å². The molecule has 0 unspecified atom stereocenters. The van der Waals surface area contributed by atoms with Crippen LogP contribution in [0.1, 0.15) is 16.8 Å². The van der Waals surface area contributed by atoms with E-state index in [9.17, 15) is 9.90 Å². The third-order valence-corrected chi connectivity index (χ3v) is 3.21. The second kappa shape index (κ2) is 6.81. The first-order valence-corrected chi connectivity index (χ1v) is 7.09. The molecule has 0 saturated heterocycles. The van der Waals surface area contributed by atoms with Crippen molar-refractivity contribution in [1.29, 1.82) is 0 Å². The van der Waals surface area contributed by atoms with Gasteiger partial charge >= 0.3 is 0 Å². The summed E-state index contributed by atoms with van der Waals surface area (Å²) in [5.74, 6) is 0.787. The number of carbonyl (C=O) groups is 1. The van der Waals surface area contributed by atoms with Gasteiger partial charge < -0.3 is 10.4 Å². The van der Waals surface area contributed by atoms with Crippen molar-refractivity contribution in [2.45, 2.75) is 6.42 Å². The molecule has 0 radical (unpaired) electrons. The summed E-state index contributed by atoms with van der Waals surface area (Å²) in [5, 5.41) is 12.3. The Morgan fingerprint density at radius 3 is 2.94 bits per heavy atom. The second-order valence-corrected chi connectivity index (χ2v) is 5.16. The van der Waals surface area contributed by atoms with Gasteiger partial charge in [0.2, 0.25) is 0 Å². The van der Waals surface area contributed by atoms with E-state index in [1.54, 1.807) is 23.9 Å². The number of carbonyl (C=O) groups excluding carboxylic acids is 1. The van der Waals surface area contributed by atoms with Crippen LogP contribution in [0.2, 0.25) is 0 Å². The van der Waals surface area contributed by atoms with Gasteiger partial charge in [0.15, 0.2) is 0 Å². The van der Waals surface area contributed by atoms with Crippen LogP contribution in [-0.2, 0) is 0 Å². The molecule has 0 atom stereocenters. The number of halogens is 1. The lowest BCUT2D eigenvalue weighted by Gasteiger charge is -2.06. The molecule has 2 N–H and O–H groups in total. The van der Waals surface area contributed by atoms with Crippen LogP contribution in [-0.4, -0.2) is 29.6 Å². The van der Waals surface area contributed by atoms with E-state index in [0.29, 0.717) is 12.1 Å². The van der Waals surface area contributed by atoms with Crippen molar-refractivity contribution in [3.63, 3.8) is 0 Å². The molecule has 88 valence electrons. The molecule has 1 aromatic carbocycles. The molecule has 5 heteroatoms. The Kier molecular flexibility index (Phi) is 5.69. The summed E-state index contributed by atoms with van der Waals surface area (Å²) < 4.78 is 0.754. The van der Waals surface area contributed by atoms with Gasteiger partial charge in [0.25, 0.3) is 5.91 Å². The summed E-state index contributed by atoms with van der Waals surface area (Å²) in [4.78, 5) is 11.6. The highest BCUT2D eigenvalue weighted by Crippen LogP contribution is 2.21. The Hall–Kier alpha value is -0.680. The number of aromatic hydroxyl groups is 1. The molecule has 0 saturated carbocycles. The lowest BCUT2D eigenvalue weighted by molar-refractivity contribution is 0.0951. The molecule has 0 bridgehead atoms. The van der Waals surface area contributed by atoms with E-state index in [1.807, 2.05) is 6.26 Å². The number of phenols is 1. The van der Waals surface area contributed by atoms with Gasteiger partial charge in [-0.25, -0.2) is 0 Å². The van der Waals surface area contributed by atoms with Gasteiger partial charge in [-0.2, -0.15) is 11.8 Å². The lowest BCUT2D eigenvalue weighted by Crippen LogP contribution is -2.24. The van der Waals surface area contributed by atoms with Gasteiger partial charge in [-0.3, -0.25) is 4.79 Å². The number of rotatable bonds is 5. The monoisotopic (exact) mass is 303 g/mol. The molecule has 0 aliphatic rings. The zero-order chi connectivity index (χ0) is 12.0. The number of hydrogen-bond donors (Lipinski definition) is 2. The third kappa shape index (κ3) is 4.06. The van der Waals surface area contributed by atoms with E-state index < -0.39 is 0 Å². The van der Waals surface area contributed by atoms with Crippen molar-refractivity contribution in [1.82, 2.24) is 5.32 Å². The molecule has 0 aliphatic carbocycles. The molecule has 1 aromatic rings. The zero-order valence-corrected chi connectivity index (χ0v) is 11.4. The van der Waals surface area contributed by atoms with Crippen LogP contribution in [0.25, 0.3) is 0 Å². The van der Waals surface area contributed by atoms with Gasteiger partial charge in [0, 0.05) is 11.0 Å². The van der Waals surface area contributed by atoms with E-state index >= 15 is 0 Å². The maximum absolute atomic E-state index is 11.6. The highest BCUT2D eigenvalue weighted by atomic mass is 79.9. The molecule has 0 fully saturated rings. The molecule has 16 heavy (non-hydrogen) atoms. The van der Waals surface area contributed by atoms with Crippen LogP contribution in [0.4, 0.5) is 0 Å². The normalized spacial score (nSPS) is 10.1. The predicted molar refractivity (Wildman–Crippen MR) is 71.1 cm³/mol. The summed E-state index contributed by atoms with van der Waals surface area (Å²) in [6, 6.07) is 4.84. The first-order chi connectivity index (χ1) is 7.65. The minimum absolute atomic E-state index is 0.00302. The summed E-state index contributed by atoms with van der Waals surface area (Å²) in [6.45, 7) is 0.634. The number of benzene rings is 1. The minimum atomic E-state index is -0.230. The summed E-state index contributed by atoms with van der Waals surface area (Å²) in [7, 11) is 0.